The Bertz CT molecular complexity index is 1140. The number of carboxylic acid groups (broad SMARTS) is 1. The van der Waals surface area contributed by atoms with Crippen LogP contribution in [-0.2, 0) is 11.3 Å². The number of quaternary nitrogens is 1. The number of nitrogens with zero attached hydrogens (tertiary/aromatic N) is 1. The first-order valence-electron chi connectivity index (χ1n) is 10.1. The minimum atomic E-state index is -8.66. The molecule has 0 atom stereocenters. The molecular formula is C20H14F17NO3. The highest BCUT2D eigenvalue weighted by molar-refractivity contribution is 5.65. The molecule has 0 unspecified atom stereocenters. The number of rotatable bonds is 12. The molecule has 0 amide bonds. The Hall–Kier alpha value is -3.00. The highest BCUT2D eigenvalue weighted by Gasteiger charge is 2.93. The van der Waals surface area contributed by atoms with E-state index in [1.54, 1.807) is 0 Å². The number of carbonyl (C=O) groups excluding carboxylic acids is 1. The standard InChI is InChI=1S/C20H14F17NO3/c1-38(2,8-11(39)40)7-9-3-5-10(6-4-9)41-13(22)12(21)14(23,24)15(25,26)16(27,28)17(29,30)18(31,32)19(33,34)20(35,36)37/h3-6H,7-8H2,1-2H3. The van der Waals surface area contributed by atoms with Gasteiger partial charge in [0.15, 0.2) is 0 Å². The fraction of sp³-hybridized carbons (Fsp3) is 0.550. The summed E-state index contributed by atoms with van der Waals surface area (Å²) in [6.45, 7) is -0.667. The maximum atomic E-state index is 13.8. The van der Waals surface area contributed by atoms with E-state index in [-0.39, 0.29) is 16.6 Å². The first-order chi connectivity index (χ1) is 17.9. The monoisotopic (exact) mass is 639 g/mol. The van der Waals surface area contributed by atoms with Gasteiger partial charge in [-0.1, -0.05) is 0 Å². The first kappa shape index (κ1) is 36.0. The molecule has 1 aromatic carbocycles. The molecule has 0 radical (unpaired) electrons. The van der Waals surface area contributed by atoms with Gasteiger partial charge in [0.2, 0.25) is 5.83 Å². The van der Waals surface area contributed by atoms with E-state index < -0.39 is 71.8 Å². The van der Waals surface area contributed by atoms with Gasteiger partial charge in [0.05, 0.1) is 20.1 Å². The van der Waals surface area contributed by atoms with Gasteiger partial charge in [0.1, 0.15) is 18.8 Å². The van der Waals surface area contributed by atoms with Crippen LogP contribution in [0.2, 0.25) is 0 Å². The van der Waals surface area contributed by atoms with Crippen molar-refractivity contribution in [2.24, 2.45) is 0 Å². The molecule has 1 rings (SSSR count). The lowest BCUT2D eigenvalue weighted by molar-refractivity contribution is -0.898. The molecule has 0 bridgehead atoms. The molecular weight excluding hydrogens is 625 g/mol. The summed E-state index contributed by atoms with van der Waals surface area (Å²) >= 11 is 0. The maximum Gasteiger partial charge on any atom is 0.460 e. The lowest BCUT2D eigenvalue weighted by atomic mass is 9.91. The molecule has 0 aliphatic heterocycles. The number of alkyl halides is 15. The van der Waals surface area contributed by atoms with E-state index in [0.717, 1.165) is 12.1 Å². The first-order valence-corrected chi connectivity index (χ1v) is 10.1. The predicted molar refractivity (Wildman–Crippen MR) is 97.7 cm³/mol. The largest absolute Gasteiger partial charge is 0.544 e. The molecule has 0 saturated heterocycles. The molecule has 0 fully saturated rings. The number of allylic oxidation sites excluding steroid dienone is 1. The topological polar surface area (TPSA) is 49.4 Å². The van der Waals surface area contributed by atoms with Crippen LogP contribution in [0, 0.1) is 0 Å². The Morgan fingerprint density at radius 2 is 1.10 bits per heavy atom. The van der Waals surface area contributed by atoms with Crippen molar-refractivity contribution >= 4 is 5.97 Å². The van der Waals surface area contributed by atoms with Gasteiger partial charge in [-0.2, -0.15) is 74.6 Å². The Kier molecular flexibility index (Phi) is 9.39. The summed E-state index contributed by atoms with van der Waals surface area (Å²) in [7, 11) is 2.75. The van der Waals surface area contributed by atoms with Crippen molar-refractivity contribution in [1.82, 2.24) is 0 Å². The number of aliphatic carboxylic acids is 1. The molecule has 0 spiro atoms. The van der Waals surface area contributed by atoms with Crippen molar-refractivity contribution in [3.05, 3.63) is 41.7 Å². The van der Waals surface area contributed by atoms with Crippen LogP contribution in [0.5, 0.6) is 5.75 Å². The van der Waals surface area contributed by atoms with Gasteiger partial charge in [-0.3, -0.25) is 0 Å². The van der Waals surface area contributed by atoms with E-state index in [2.05, 4.69) is 4.74 Å². The summed E-state index contributed by atoms with van der Waals surface area (Å²) in [5, 5.41) is 10.7. The summed E-state index contributed by atoms with van der Waals surface area (Å²) in [5.41, 5.74) is 0.184. The van der Waals surface area contributed by atoms with Crippen molar-refractivity contribution in [3.63, 3.8) is 0 Å². The third kappa shape index (κ3) is 6.27. The highest BCUT2D eigenvalue weighted by atomic mass is 19.4. The van der Waals surface area contributed by atoms with Crippen LogP contribution in [0.4, 0.5) is 74.6 Å². The molecule has 4 nitrogen and oxygen atoms in total. The molecule has 21 heteroatoms. The second kappa shape index (κ2) is 10.7. The number of halogens is 17. The van der Waals surface area contributed by atoms with Gasteiger partial charge in [0, 0.05) is 5.56 Å². The SMILES string of the molecule is C[N+](C)(CC(=O)[O-])Cc1ccc(OC(F)=C(F)C(F)(F)C(F)(F)C(F)(F)C(F)(F)C(F)(F)C(F)(F)C(F)(F)F)cc1. The van der Waals surface area contributed by atoms with Crippen LogP contribution >= 0.6 is 0 Å². The second-order valence-corrected chi connectivity index (χ2v) is 8.90. The maximum absolute atomic E-state index is 13.8. The number of hydrogen-bond donors (Lipinski definition) is 0. The average Bonchev–Trinajstić information content (AvgIpc) is 2.77. The third-order valence-electron chi connectivity index (χ3n) is 5.07. The summed E-state index contributed by atoms with van der Waals surface area (Å²) in [6.07, 6.45) is -7.81. The van der Waals surface area contributed by atoms with Crippen molar-refractivity contribution in [1.29, 1.82) is 0 Å². The van der Waals surface area contributed by atoms with Crippen molar-refractivity contribution in [2.75, 3.05) is 20.6 Å². The smallest absolute Gasteiger partial charge is 0.460 e. The number of benzene rings is 1. The number of carbonyl (C=O) groups is 1. The fourth-order valence-electron chi connectivity index (χ4n) is 2.94. The Balaban J connectivity index is 3.41. The van der Waals surface area contributed by atoms with Crippen LogP contribution in [0.25, 0.3) is 0 Å². The van der Waals surface area contributed by atoms with E-state index >= 15 is 0 Å². The minimum Gasteiger partial charge on any atom is -0.544 e. The minimum absolute atomic E-state index is 0.119. The zero-order valence-electron chi connectivity index (χ0n) is 19.8. The molecule has 0 aliphatic carbocycles. The van der Waals surface area contributed by atoms with E-state index in [1.165, 1.54) is 14.1 Å². The molecule has 0 heterocycles. The molecule has 0 aliphatic rings. The number of carboxylic acids is 1. The van der Waals surface area contributed by atoms with Crippen LogP contribution in [0.1, 0.15) is 5.56 Å². The van der Waals surface area contributed by atoms with Crippen LogP contribution in [0.15, 0.2) is 36.1 Å². The van der Waals surface area contributed by atoms with Crippen LogP contribution < -0.4 is 9.84 Å². The molecule has 0 N–H and O–H groups in total. The van der Waals surface area contributed by atoms with Crippen molar-refractivity contribution in [3.8, 4) is 5.75 Å². The van der Waals surface area contributed by atoms with Crippen LogP contribution in [-0.4, -0.2) is 72.8 Å². The Morgan fingerprint density at radius 1 is 0.707 bits per heavy atom. The molecule has 0 saturated carbocycles. The Morgan fingerprint density at radius 3 is 1.49 bits per heavy atom. The number of ether oxygens (including phenoxy) is 1. The Labute approximate surface area is 217 Å². The van der Waals surface area contributed by atoms with Gasteiger partial charge in [0.25, 0.3) is 0 Å². The van der Waals surface area contributed by atoms with Crippen molar-refractivity contribution < 1.29 is 93.8 Å². The normalized spacial score (nSPS) is 15.5. The molecule has 1 aromatic rings. The quantitative estimate of drug-likeness (QED) is 0.163. The van der Waals surface area contributed by atoms with E-state index in [4.69, 9.17) is 0 Å². The summed E-state index contributed by atoms with van der Waals surface area (Å²) < 4.78 is 229. The number of hydrogen-bond acceptors (Lipinski definition) is 3. The van der Waals surface area contributed by atoms with Crippen LogP contribution in [0.3, 0.4) is 0 Å². The second-order valence-electron chi connectivity index (χ2n) is 8.90. The summed E-state index contributed by atoms with van der Waals surface area (Å²) in [6, 6.07) is -0.539. The van der Waals surface area contributed by atoms with Crippen molar-refractivity contribution in [2.45, 2.75) is 48.3 Å². The molecule has 236 valence electrons. The molecule has 0 aromatic heterocycles. The van der Waals surface area contributed by atoms with Gasteiger partial charge in [-0.15, -0.1) is 0 Å². The predicted octanol–water partition coefficient (Wildman–Crippen LogP) is 5.87. The average molecular weight is 639 g/mol. The zero-order valence-corrected chi connectivity index (χ0v) is 19.8. The molecule has 41 heavy (non-hydrogen) atoms. The lowest BCUT2D eigenvalue weighted by Gasteiger charge is -2.41. The van der Waals surface area contributed by atoms with Gasteiger partial charge >= 0.3 is 47.7 Å². The van der Waals surface area contributed by atoms with Gasteiger partial charge in [-0.25, -0.2) is 0 Å². The number of likely N-dealkylation sites (N-methyl/N-ethyl adjacent to an activating group) is 1. The van der Waals surface area contributed by atoms with Gasteiger partial charge < -0.3 is 19.1 Å². The summed E-state index contributed by atoms with van der Waals surface area (Å²) in [5.74, 6) is -57.0. The zero-order chi connectivity index (χ0) is 32.8. The third-order valence-corrected chi connectivity index (χ3v) is 5.07. The highest BCUT2D eigenvalue weighted by Crippen LogP contribution is 2.63. The van der Waals surface area contributed by atoms with E-state index in [9.17, 15) is 84.5 Å². The van der Waals surface area contributed by atoms with E-state index in [1.807, 2.05) is 0 Å². The fourth-order valence-corrected chi connectivity index (χ4v) is 2.94. The summed E-state index contributed by atoms with van der Waals surface area (Å²) in [4.78, 5) is 10.7. The van der Waals surface area contributed by atoms with E-state index in [0.29, 0.717) is 12.1 Å². The van der Waals surface area contributed by atoms with Gasteiger partial charge in [-0.05, 0) is 24.3 Å². The lowest BCUT2D eigenvalue weighted by Crippen LogP contribution is -2.72.